The van der Waals surface area contributed by atoms with Crippen molar-refractivity contribution >= 4 is 29.9 Å². The third-order valence-electron chi connectivity index (χ3n) is 3.57. The summed E-state index contributed by atoms with van der Waals surface area (Å²) in [7, 11) is 5.04. The Labute approximate surface area is 165 Å². The Kier molecular flexibility index (Phi) is 9.75. The molecule has 0 aliphatic heterocycles. The molecule has 7 nitrogen and oxygen atoms in total. The fourth-order valence-corrected chi connectivity index (χ4v) is 2.30. The largest absolute Gasteiger partial charge is 0.493 e. The zero-order valence-corrected chi connectivity index (χ0v) is 17.2. The highest BCUT2D eigenvalue weighted by Crippen LogP contribution is 2.27. The summed E-state index contributed by atoms with van der Waals surface area (Å²) in [6.07, 6.45) is 4.57. The summed E-state index contributed by atoms with van der Waals surface area (Å²) in [5.41, 5.74) is 1.17. The number of aliphatic imine (C=N–C) groups is 1. The average molecular weight is 459 g/mol. The number of nitrogens with one attached hydrogen (secondary N) is 2. The van der Waals surface area contributed by atoms with Gasteiger partial charge in [-0.3, -0.25) is 9.67 Å². The summed E-state index contributed by atoms with van der Waals surface area (Å²) in [5.74, 6) is 2.27. The maximum atomic E-state index is 5.32. The van der Waals surface area contributed by atoms with Crippen LogP contribution in [0.25, 0.3) is 0 Å². The number of nitrogens with zero attached hydrogens (tertiary/aromatic N) is 3. The molecule has 25 heavy (non-hydrogen) atoms. The van der Waals surface area contributed by atoms with Gasteiger partial charge in [0.2, 0.25) is 0 Å². The van der Waals surface area contributed by atoms with Gasteiger partial charge in [0.1, 0.15) is 0 Å². The van der Waals surface area contributed by atoms with Gasteiger partial charge in [-0.1, -0.05) is 6.07 Å². The van der Waals surface area contributed by atoms with Crippen LogP contribution in [-0.4, -0.2) is 50.1 Å². The summed E-state index contributed by atoms with van der Waals surface area (Å²) in [6, 6.07) is 7.87. The van der Waals surface area contributed by atoms with Gasteiger partial charge in [0, 0.05) is 32.5 Å². The standard InChI is InChI=1S/C17H25N5O2.HI/c1-18-17(20-10-12-22-11-4-8-21-22)19-9-7-14-5-6-15(23-2)16(13-14)24-3;/h4-6,8,11,13H,7,9-10,12H2,1-3H3,(H2,18,19,20);1H. The monoisotopic (exact) mass is 459 g/mol. The molecule has 0 amide bonds. The third-order valence-corrected chi connectivity index (χ3v) is 3.57. The number of hydrogen-bond donors (Lipinski definition) is 2. The fraction of sp³-hybridized carbons (Fsp3) is 0.412. The molecule has 0 saturated heterocycles. The van der Waals surface area contributed by atoms with E-state index in [0.717, 1.165) is 43.5 Å². The molecule has 0 spiro atoms. The van der Waals surface area contributed by atoms with Gasteiger partial charge in [-0.15, -0.1) is 24.0 Å². The van der Waals surface area contributed by atoms with Crippen LogP contribution in [0.4, 0.5) is 0 Å². The predicted octanol–water partition coefficient (Wildman–Crippen LogP) is 1.93. The van der Waals surface area contributed by atoms with Gasteiger partial charge >= 0.3 is 0 Å². The fourth-order valence-electron chi connectivity index (χ4n) is 2.30. The van der Waals surface area contributed by atoms with E-state index in [2.05, 4.69) is 20.7 Å². The molecule has 1 heterocycles. The number of halogens is 1. The Morgan fingerprint density at radius 2 is 1.92 bits per heavy atom. The first-order valence-corrected chi connectivity index (χ1v) is 7.89. The Hall–Kier alpha value is -1.97. The zero-order valence-electron chi connectivity index (χ0n) is 14.9. The second-order valence-corrected chi connectivity index (χ2v) is 5.13. The molecule has 0 unspecified atom stereocenters. The molecule has 1 aromatic heterocycles. The van der Waals surface area contributed by atoms with Crippen molar-refractivity contribution in [2.75, 3.05) is 34.4 Å². The van der Waals surface area contributed by atoms with Crippen LogP contribution in [0, 0.1) is 0 Å². The van der Waals surface area contributed by atoms with Crippen LogP contribution in [0.2, 0.25) is 0 Å². The maximum absolute atomic E-state index is 5.32. The normalized spacial score (nSPS) is 10.8. The summed E-state index contributed by atoms with van der Waals surface area (Å²) in [6.45, 7) is 2.33. The van der Waals surface area contributed by atoms with E-state index in [1.54, 1.807) is 27.5 Å². The van der Waals surface area contributed by atoms with E-state index in [-0.39, 0.29) is 24.0 Å². The van der Waals surface area contributed by atoms with E-state index < -0.39 is 0 Å². The van der Waals surface area contributed by atoms with E-state index in [0.29, 0.717) is 0 Å². The maximum Gasteiger partial charge on any atom is 0.191 e. The molecule has 0 bridgehead atoms. The first-order valence-electron chi connectivity index (χ1n) is 7.89. The minimum Gasteiger partial charge on any atom is -0.493 e. The Balaban J connectivity index is 0.00000312. The molecule has 0 aliphatic carbocycles. The molecule has 8 heteroatoms. The number of guanidine groups is 1. The van der Waals surface area contributed by atoms with Crippen LogP contribution in [0.1, 0.15) is 5.56 Å². The van der Waals surface area contributed by atoms with Crippen molar-refractivity contribution in [2.24, 2.45) is 4.99 Å². The molecular formula is C17H26IN5O2. The number of aromatic nitrogens is 2. The highest BCUT2D eigenvalue weighted by Gasteiger charge is 2.05. The van der Waals surface area contributed by atoms with Crippen LogP contribution in [0.3, 0.4) is 0 Å². The van der Waals surface area contributed by atoms with Crippen molar-refractivity contribution < 1.29 is 9.47 Å². The number of methoxy groups -OCH3 is 2. The summed E-state index contributed by atoms with van der Waals surface area (Å²) in [4.78, 5) is 4.22. The predicted molar refractivity (Wildman–Crippen MR) is 110 cm³/mol. The van der Waals surface area contributed by atoms with Crippen molar-refractivity contribution in [1.82, 2.24) is 20.4 Å². The van der Waals surface area contributed by atoms with Crippen LogP contribution < -0.4 is 20.1 Å². The molecule has 0 saturated carbocycles. The molecule has 1 aromatic carbocycles. The van der Waals surface area contributed by atoms with Gasteiger partial charge in [0.15, 0.2) is 17.5 Å². The molecule has 0 fully saturated rings. The van der Waals surface area contributed by atoms with Gasteiger partial charge in [0.25, 0.3) is 0 Å². The Bertz CT molecular complexity index is 646. The minimum absolute atomic E-state index is 0. The van der Waals surface area contributed by atoms with Gasteiger partial charge in [-0.2, -0.15) is 5.10 Å². The van der Waals surface area contributed by atoms with E-state index in [1.807, 2.05) is 35.1 Å². The molecule has 2 aromatic rings. The van der Waals surface area contributed by atoms with Crippen LogP contribution >= 0.6 is 24.0 Å². The first-order chi connectivity index (χ1) is 11.8. The molecule has 0 radical (unpaired) electrons. The van der Waals surface area contributed by atoms with Crippen LogP contribution in [0.5, 0.6) is 11.5 Å². The highest BCUT2D eigenvalue weighted by atomic mass is 127. The van der Waals surface area contributed by atoms with E-state index in [9.17, 15) is 0 Å². The lowest BCUT2D eigenvalue weighted by Gasteiger charge is -2.13. The zero-order chi connectivity index (χ0) is 17.2. The second kappa shape index (κ2) is 11.6. The van der Waals surface area contributed by atoms with Crippen molar-refractivity contribution in [3.05, 3.63) is 42.2 Å². The van der Waals surface area contributed by atoms with Gasteiger partial charge in [-0.25, -0.2) is 0 Å². The summed E-state index contributed by atoms with van der Waals surface area (Å²) >= 11 is 0. The van der Waals surface area contributed by atoms with E-state index >= 15 is 0 Å². The molecule has 0 atom stereocenters. The molecule has 2 N–H and O–H groups in total. The molecule has 138 valence electrons. The molecule has 2 rings (SSSR count). The van der Waals surface area contributed by atoms with E-state index in [4.69, 9.17) is 9.47 Å². The Morgan fingerprint density at radius 1 is 1.16 bits per heavy atom. The highest BCUT2D eigenvalue weighted by molar-refractivity contribution is 14.0. The number of rotatable bonds is 8. The van der Waals surface area contributed by atoms with Crippen molar-refractivity contribution in [2.45, 2.75) is 13.0 Å². The quantitative estimate of drug-likeness (QED) is 0.359. The SMILES string of the molecule is CN=C(NCCc1ccc(OC)c(OC)c1)NCCn1cccn1.I. The molecular weight excluding hydrogens is 433 g/mol. The number of ether oxygens (including phenoxy) is 2. The number of benzene rings is 1. The lowest BCUT2D eigenvalue weighted by molar-refractivity contribution is 0.354. The summed E-state index contributed by atoms with van der Waals surface area (Å²) < 4.78 is 12.5. The number of hydrogen-bond acceptors (Lipinski definition) is 4. The van der Waals surface area contributed by atoms with Gasteiger partial charge < -0.3 is 20.1 Å². The van der Waals surface area contributed by atoms with Gasteiger partial charge in [-0.05, 0) is 30.2 Å². The van der Waals surface area contributed by atoms with Crippen molar-refractivity contribution in [3.63, 3.8) is 0 Å². The molecule has 0 aliphatic rings. The van der Waals surface area contributed by atoms with Crippen LogP contribution in [-0.2, 0) is 13.0 Å². The smallest absolute Gasteiger partial charge is 0.191 e. The lowest BCUT2D eigenvalue weighted by atomic mass is 10.1. The first kappa shape index (κ1) is 21.1. The topological polar surface area (TPSA) is 72.7 Å². The van der Waals surface area contributed by atoms with Crippen LogP contribution in [0.15, 0.2) is 41.7 Å². The van der Waals surface area contributed by atoms with E-state index in [1.165, 1.54) is 5.56 Å². The minimum atomic E-state index is 0. The lowest BCUT2D eigenvalue weighted by Crippen LogP contribution is -2.39. The average Bonchev–Trinajstić information content (AvgIpc) is 3.13. The van der Waals surface area contributed by atoms with Gasteiger partial charge in [0.05, 0.1) is 20.8 Å². The third kappa shape index (κ3) is 6.81. The second-order valence-electron chi connectivity index (χ2n) is 5.13. The van der Waals surface area contributed by atoms with Crippen molar-refractivity contribution in [3.8, 4) is 11.5 Å². The Morgan fingerprint density at radius 3 is 2.56 bits per heavy atom. The van der Waals surface area contributed by atoms with Crippen molar-refractivity contribution in [1.29, 1.82) is 0 Å². The summed E-state index contributed by atoms with van der Waals surface area (Å²) in [5, 5.41) is 10.7.